The number of anilines is 2. The lowest BCUT2D eigenvalue weighted by atomic mass is 10.1. The van der Waals surface area contributed by atoms with Crippen LogP contribution < -0.4 is 27.2 Å². The largest absolute Gasteiger partial charge is 0.508 e. The Bertz CT molecular complexity index is 1480. The number of ether oxygens (including phenoxy) is 1. The number of phenolic OH excluding ortho intramolecular Hbond substituents is 2. The SMILES string of the molecule is Cc1ccc(CNC(=O)Cn2c(-c3cc(O)cc(NC(=O)OC(C)(C)C)c3)cnc(NC(C)C)c2=O)cc1O.N=CN. The van der Waals surface area contributed by atoms with E-state index in [4.69, 9.17) is 10.1 Å². The minimum absolute atomic E-state index is 0.0669. The monoisotopic (exact) mass is 581 g/mol. The third-order valence-corrected chi connectivity index (χ3v) is 5.40. The third-order valence-electron chi connectivity index (χ3n) is 5.40. The number of nitrogens with zero attached hydrogens (tertiary/aromatic N) is 2. The Kier molecular flexibility index (Phi) is 11.5. The van der Waals surface area contributed by atoms with Crippen LogP contribution >= 0.6 is 0 Å². The molecule has 0 aliphatic rings. The summed E-state index contributed by atoms with van der Waals surface area (Å²) in [5, 5.41) is 34.5. The van der Waals surface area contributed by atoms with E-state index in [1.54, 1.807) is 52.0 Å². The predicted octanol–water partition coefficient (Wildman–Crippen LogP) is 3.67. The minimum Gasteiger partial charge on any atom is -0.508 e. The average molecular weight is 582 g/mol. The van der Waals surface area contributed by atoms with Gasteiger partial charge in [-0.1, -0.05) is 12.1 Å². The molecule has 13 heteroatoms. The van der Waals surface area contributed by atoms with Crippen molar-refractivity contribution < 1.29 is 24.5 Å². The Labute approximate surface area is 244 Å². The Morgan fingerprint density at radius 1 is 1.17 bits per heavy atom. The van der Waals surface area contributed by atoms with Crippen LogP contribution in [0.2, 0.25) is 0 Å². The van der Waals surface area contributed by atoms with E-state index in [0.717, 1.165) is 11.9 Å². The lowest BCUT2D eigenvalue weighted by Crippen LogP contribution is -2.35. The Balaban J connectivity index is 0.00000197. The number of carbonyl (C=O) groups is 2. The molecule has 0 atom stereocenters. The van der Waals surface area contributed by atoms with Gasteiger partial charge in [0, 0.05) is 29.9 Å². The van der Waals surface area contributed by atoms with E-state index >= 15 is 0 Å². The van der Waals surface area contributed by atoms with Gasteiger partial charge in [0.2, 0.25) is 5.91 Å². The summed E-state index contributed by atoms with van der Waals surface area (Å²) >= 11 is 0. The molecule has 0 bridgehead atoms. The highest BCUT2D eigenvalue weighted by molar-refractivity contribution is 5.86. The quantitative estimate of drug-likeness (QED) is 0.153. The molecular formula is C29H39N7O6. The summed E-state index contributed by atoms with van der Waals surface area (Å²) in [7, 11) is 0. The maximum Gasteiger partial charge on any atom is 0.412 e. The first-order chi connectivity index (χ1) is 19.6. The average Bonchev–Trinajstić information content (AvgIpc) is 2.86. The van der Waals surface area contributed by atoms with Crippen molar-refractivity contribution in [1.29, 1.82) is 5.41 Å². The Morgan fingerprint density at radius 2 is 1.83 bits per heavy atom. The van der Waals surface area contributed by atoms with Crippen molar-refractivity contribution >= 4 is 29.8 Å². The minimum atomic E-state index is -0.724. The number of aryl methyl sites for hydroxylation is 1. The maximum atomic E-state index is 13.4. The highest BCUT2D eigenvalue weighted by atomic mass is 16.6. The topological polar surface area (TPSA) is 205 Å². The second-order valence-electron chi connectivity index (χ2n) is 10.6. The van der Waals surface area contributed by atoms with Crippen molar-refractivity contribution in [2.24, 2.45) is 5.73 Å². The van der Waals surface area contributed by atoms with Gasteiger partial charge in [0.15, 0.2) is 5.82 Å². The van der Waals surface area contributed by atoms with Gasteiger partial charge >= 0.3 is 6.09 Å². The number of aromatic nitrogens is 2. The number of phenols is 2. The van der Waals surface area contributed by atoms with E-state index < -0.39 is 23.2 Å². The molecular weight excluding hydrogens is 542 g/mol. The van der Waals surface area contributed by atoms with Gasteiger partial charge in [-0.3, -0.25) is 24.9 Å². The zero-order chi connectivity index (χ0) is 31.6. The van der Waals surface area contributed by atoms with Crippen LogP contribution in [0.4, 0.5) is 16.3 Å². The van der Waals surface area contributed by atoms with Crippen LogP contribution in [-0.2, 0) is 22.6 Å². The molecule has 1 heterocycles. The maximum absolute atomic E-state index is 13.4. The first-order valence-corrected chi connectivity index (χ1v) is 13.1. The van der Waals surface area contributed by atoms with Gasteiger partial charge in [-0.25, -0.2) is 9.78 Å². The molecule has 0 fully saturated rings. The highest BCUT2D eigenvalue weighted by Gasteiger charge is 2.19. The van der Waals surface area contributed by atoms with Crippen molar-refractivity contribution in [3.63, 3.8) is 0 Å². The van der Waals surface area contributed by atoms with Crippen LogP contribution in [0.3, 0.4) is 0 Å². The Morgan fingerprint density at radius 3 is 2.43 bits per heavy atom. The summed E-state index contributed by atoms with van der Waals surface area (Å²) in [5.41, 5.74) is 5.37. The molecule has 2 aromatic carbocycles. The van der Waals surface area contributed by atoms with Crippen LogP contribution in [0.5, 0.6) is 11.5 Å². The van der Waals surface area contributed by atoms with Gasteiger partial charge in [-0.15, -0.1) is 0 Å². The summed E-state index contributed by atoms with van der Waals surface area (Å²) < 4.78 is 6.52. The number of aromatic hydroxyl groups is 2. The van der Waals surface area contributed by atoms with E-state index in [1.165, 1.54) is 22.9 Å². The van der Waals surface area contributed by atoms with Crippen molar-refractivity contribution in [3.8, 4) is 22.8 Å². The van der Waals surface area contributed by atoms with Crippen LogP contribution in [-0.4, -0.2) is 49.7 Å². The number of benzene rings is 2. The number of carbonyl (C=O) groups excluding carboxylic acids is 2. The summed E-state index contributed by atoms with van der Waals surface area (Å²) in [5.74, 6) is -0.436. The predicted molar refractivity (Wildman–Crippen MR) is 162 cm³/mol. The summed E-state index contributed by atoms with van der Waals surface area (Å²) in [6, 6.07) is 9.29. The molecule has 42 heavy (non-hydrogen) atoms. The van der Waals surface area contributed by atoms with Crippen LogP contribution in [0, 0.1) is 12.3 Å². The van der Waals surface area contributed by atoms with Crippen molar-refractivity contribution in [2.75, 3.05) is 10.6 Å². The molecule has 0 spiro atoms. The lowest BCUT2D eigenvalue weighted by Gasteiger charge is -2.20. The lowest BCUT2D eigenvalue weighted by molar-refractivity contribution is -0.121. The third kappa shape index (κ3) is 10.2. The van der Waals surface area contributed by atoms with E-state index in [9.17, 15) is 24.6 Å². The second-order valence-corrected chi connectivity index (χ2v) is 10.6. The molecule has 1 aromatic heterocycles. The highest BCUT2D eigenvalue weighted by Crippen LogP contribution is 2.28. The van der Waals surface area contributed by atoms with Gasteiger partial charge in [0.05, 0.1) is 18.2 Å². The van der Waals surface area contributed by atoms with Crippen molar-refractivity contribution in [2.45, 2.75) is 66.3 Å². The fourth-order valence-electron chi connectivity index (χ4n) is 3.67. The van der Waals surface area contributed by atoms with Gasteiger partial charge in [-0.05, 0) is 70.9 Å². The van der Waals surface area contributed by atoms with E-state index in [0.29, 0.717) is 11.1 Å². The molecule has 2 amide bonds. The first-order valence-electron chi connectivity index (χ1n) is 13.1. The zero-order valence-corrected chi connectivity index (χ0v) is 24.6. The molecule has 0 saturated carbocycles. The number of amides is 2. The van der Waals surface area contributed by atoms with E-state index in [1.807, 2.05) is 13.8 Å². The van der Waals surface area contributed by atoms with Crippen LogP contribution in [0.1, 0.15) is 45.7 Å². The number of hydrogen-bond donors (Lipinski definition) is 7. The van der Waals surface area contributed by atoms with Gasteiger partial charge < -0.3 is 31.3 Å². The van der Waals surface area contributed by atoms with E-state index in [-0.39, 0.29) is 47.8 Å². The van der Waals surface area contributed by atoms with Gasteiger partial charge in [0.1, 0.15) is 23.6 Å². The summed E-state index contributed by atoms with van der Waals surface area (Å²) in [6.45, 7) is 10.5. The van der Waals surface area contributed by atoms with Crippen LogP contribution in [0.25, 0.3) is 11.3 Å². The normalized spacial score (nSPS) is 10.7. The first kappa shape index (κ1) is 33.1. The number of nitrogens with two attached hydrogens (primary N) is 1. The van der Waals surface area contributed by atoms with Crippen molar-refractivity contribution in [3.05, 3.63) is 64.1 Å². The fraction of sp³-hybridized carbons (Fsp3) is 0.345. The zero-order valence-electron chi connectivity index (χ0n) is 24.6. The number of hydrogen-bond acceptors (Lipinski definition) is 9. The number of nitrogens with one attached hydrogen (secondary N) is 4. The standard InChI is InChI=1S/C28H35N5O6.CH4N2/c1-16(2)31-25-26(37)33(15-24(36)29-13-18-8-7-17(3)23(35)9-18)22(14-30-25)19-10-20(12-21(34)11-19)32-27(38)39-28(4,5)6;2-1-3/h7-12,14,16,34-35H,13,15H2,1-6H3,(H,29,36)(H,30,31)(H,32,38);1H,(H3,2,3). The molecule has 0 aliphatic heterocycles. The fourth-order valence-corrected chi connectivity index (χ4v) is 3.67. The van der Waals surface area contributed by atoms with Gasteiger partial charge in [0.25, 0.3) is 5.56 Å². The smallest absolute Gasteiger partial charge is 0.412 e. The molecule has 226 valence electrons. The molecule has 13 nitrogen and oxygen atoms in total. The molecule has 8 N–H and O–H groups in total. The van der Waals surface area contributed by atoms with Gasteiger partial charge in [-0.2, -0.15) is 0 Å². The number of rotatable bonds is 8. The van der Waals surface area contributed by atoms with E-state index in [2.05, 4.69) is 26.7 Å². The molecule has 3 aromatic rings. The molecule has 0 radical (unpaired) electrons. The summed E-state index contributed by atoms with van der Waals surface area (Å²) in [4.78, 5) is 42.8. The molecule has 0 saturated heterocycles. The molecule has 3 rings (SSSR count). The van der Waals surface area contributed by atoms with Crippen LogP contribution in [0.15, 0.2) is 47.4 Å². The van der Waals surface area contributed by atoms with Crippen molar-refractivity contribution in [1.82, 2.24) is 14.9 Å². The second kappa shape index (κ2) is 14.5. The molecule has 0 unspecified atom stereocenters. The summed E-state index contributed by atoms with van der Waals surface area (Å²) in [6.07, 6.45) is 1.45. The molecule has 0 aliphatic carbocycles. The Hall–Kier alpha value is -5.07.